The number of hydrogen-bond donors (Lipinski definition) is 2. The minimum atomic E-state index is -0.237. The molecule has 0 fully saturated rings. The standard InChI is InChI=1S/C15H25FN4.HI/c1-15(2,3)19-14(17)18-10-13(20(4)5)11-7-6-8-12(16)9-11;/h6-9,13H,10H2,1-5H3,(H3,17,18,19);1H. The highest BCUT2D eigenvalue weighted by Crippen LogP contribution is 2.19. The number of aliphatic imine (C=N–C) groups is 1. The second kappa shape index (κ2) is 8.53. The Morgan fingerprint density at radius 3 is 2.48 bits per heavy atom. The maximum atomic E-state index is 13.3. The number of hydrogen-bond acceptors (Lipinski definition) is 2. The molecule has 0 aromatic heterocycles. The van der Waals surface area contributed by atoms with Gasteiger partial charge in [-0.3, -0.25) is 4.99 Å². The zero-order valence-corrected chi connectivity index (χ0v) is 15.7. The molecule has 0 aliphatic carbocycles. The van der Waals surface area contributed by atoms with Gasteiger partial charge in [0.1, 0.15) is 5.82 Å². The first kappa shape index (κ1) is 20.1. The van der Waals surface area contributed by atoms with Crippen LogP contribution in [0.4, 0.5) is 4.39 Å². The maximum absolute atomic E-state index is 13.3. The third kappa shape index (κ3) is 7.61. The lowest BCUT2D eigenvalue weighted by Crippen LogP contribution is -2.45. The summed E-state index contributed by atoms with van der Waals surface area (Å²) in [6.07, 6.45) is 0. The van der Waals surface area contributed by atoms with E-state index in [1.54, 1.807) is 6.07 Å². The fourth-order valence-corrected chi connectivity index (χ4v) is 1.89. The zero-order chi connectivity index (χ0) is 15.3. The topological polar surface area (TPSA) is 53.6 Å². The molecule has 0 saturated carbocycles. The van der Waals surface area contributed by atoms with E-state index in [4.69, 9.17) is 5.73 Å². The lowest BCUT2D eigenvalue weighted by molar-refractivity contribution is 0.305. The van der Waals surface area contributed by atoms with Gasteiger partial charge in [0.15, 0.2) is 5.96 Å². The molecule has 1 aromatic carbocycles. The molecule has 120 valence electrons. The van der Waals surface area contributed by atoms with E-state index in [1.807, 2.05) is 45.8 Å². The Morgan fingerprint density at radius 1 is 1.38 bits per heavy atom. The van der Waals surface area contributed by atoms with Gasteiger partial charge < -0.3 is 16.0 Å². The number of benzene rings is 1. The minimum Gasteiger partial charge on any atom is -0.370 e. The molecule has 0 spiro atoms. The van der Waals surface area contributed by atoms with E-state index in [2.05, 4.69) is 10.3 Å². The Labute approximate surface area is 144 Å². The van der Waals surface area contributed by atoms with Gasteiger partial charge in [0.2, 0.25) is 0 Å². The molecule has 0 bridgehead atoms. The van der Waals surface area contributed by atoms with Crippen molar-refractivity contribution in [2.24, 2.45) is 10.7 Å². The first-order valence-electron chi connectivity index (χ1n) is 6.69. The van der Waals surface area contributed by atoms with Crippen LogP contribution in [0.3, 0.4) is 0 Å². The van der Waals surface area contributed by atoms with Crippen LogP contribution in [0.2, 0.25) is 0 Å². The van der Waals surface area contributed by atoms with Gasteiger partial charge >= 0.3 is 0 Å². The summed E-state index contributed by atoms with van der Waals surface area (Å²) in [4.78, 5) is 6.36. The Hall–Kier alpha value is -0.890. The normalized spacial score (nSPS) is 13.8. The van der Waals surface area contributed by atoms with E-state index in [0.717, 1.165) is 5.56 Å². The molecule has 3 N–H and O–H groups in total. The molecule has 1 atom stereocenters. The average molecular weight is 408 g/mol. The van der Waals surface area contributed by atoms with Crippen molar-refractivity contribution in [3.05, 3.63) is 35.6 Å². The lowest BCUT2D eigenvalue weighted by Gasteiger charge is -2.25. The molecule has 4 nitrogen and oxygen atoms in total. The van der Waals surface area contributed by atoms with E-state index in [0.29, 0.717) is 12.5 Å². The molecule has 0 aliphatic rings. The minimum absolute atomic E-state index is 0. The smallest absolute Gasteiger partial charge is 0.189 e. The number of nitrogens with one attached hydrogen (secondary N) is 1. The summed E-state index contributed by atoms with van der Waals surface area (Å²) in [6.45, 7) is 6.54. The maximum Gasteiger partial charge on any atom is 0.189 e. The van der Waals surface area contributed by atoms with Gasteiger partial charge in [0, 0.05) is 5.54 Å². The van der Waals surface area contributed by atoms with Crippen molar-refractivity contribution in [1.82, 2.24) is 10.2 Å². The van der Waals surface area contributed by atoms with Gasteiger partial charge in [0.05, 0.1) is 12.6 Å². The Kier molecular flexibility index (Phi) is 8.17. The molecule has 1 rings (SSSR count). The number of guanidine groups is 1. The van der Waals surface area contributed by atoms with Gasteiger partial charge in [-0.25, -0.2) is 4.39 Å². The fourth-order valence-electron chi connectivity index (χ4n) is 1.89. The van der Waals surface area contributed by atoms with E-state index >= 15 is 0 Å². The van der Waals surface area contributed by atoms with Crippen LogP contribution in [0.25, 0.3) is 0 Å². The van der Waals surface area contributed by atoms with Gasteiger partial charge in [-0.05, 0) is 52.6 Å². The lowest BCUT2D eigenvalue weighted by atomic mass is 10.1. The van der Waals surface area contributed by atoms with Crippen molar-refractivity contribution in [1.29, 1.82) is 0 Å². The molecule has 1 aromatic rings. The van der Waals surface area contributed by atoms with Crippen LogP contribution < -0.4 is 11.1 Å². The van der Waals surface area contributed by atoms with Crippen molar-refractivity contribution in [2.75, 3.05) is 20.6 Å². The van der Waals surface area contributed by atoms with E-state index < -0.39 is 0 Å². The van der Waals surface area contributed by atoms with Gasteiger partial charge in [-0.1, -0.05) is 12.1 Å². The van der Waals surface area contributed by atoms with E-state index in [9.17, 15) is 4.39 Å². The fraction of sp³-hybridized carbons (Fsp3) is 0.533. The van der Waals surface area contributed by atoms with E-state index in [1.165, 1.54) is 12.1 Å². The Bertz CT molecular complexity index is 469. The number of nitrogens with zero attached hydrogens (tertiary/aromatic N) is 2. The van der Waals surface area contributed by atoms with E-state index in [-0.39, 0.29) is 41.4 Å². The molecule has 0 radical (unpaired) electrons. The van der Waals surface area contributed by atoms with Gasteiger partial charge in [-0.15, -0.1) is 24.0 Å². The van der Waals surface area contributed by atoms with Crippen molar-refractivity contribution >= 4 is 29.9 Å². The van der Waals surface area contributed by atoms with Crippen LogP contribution >= 0.6 is 24.0 Å². The summed E-state index contributed by atoms with van der Waals surface area (Å²) in [6, 6.07) is 6.58. The number of rotatable bonds is 4. The zero-order valence-electron chi connectivity index (χ0n) is 13.4. The Balaban J connectivity index is 0.00000400. The van der Waals surface area contributed by atoms with Crippen LogP contribution in [0, 0.1) is 5.82 Å². The summed E-state index contributed by atoms with van der Waals surface area (Å²) in [5, 5.41) is 3.11. The third-order valence-corrected chi connectivity index (χ3v) is 2.79. The molecule has 1 unspecified atom stereocenters. The van der Waals surface area contributed by atoms with Crippen LogP contribution in [0.1, 0.15) is 32.4 Å². The number of nitrogens with two attached hydrogens (primary N) is 1. The summed E-state index contributed by atoms with van der Waals surface area (Å²) in [5.74, 6) is 0.167. The molecule has 0 saturated heterocycles. The first-order valence-corrected chi connectivity index (χ1v) is 6.69. The third-order valence-electron chi connectivity index (χ3n) is 2.79. The number of halogens is 2. The highest BCUT2D eigenvalue weighted by atomic mass is 127. The summed E-state index contributed by atoms with van der Waals surface area (Å²) in [7, 11) is 3.89. The Morgan fingerprint density at radius 2 is 2.00 bits per heavy atom. The van der Waals surface area contributed by atoms with Crippen molar-refractivity contribution in [3.8, 4) is 0 Å². The molecular weight excluding hydrogens is 382 g/mol. The second-order valence-electron chi connectivity index (χ2n) is 6.14. The summed E-state index contributed by atoms with van der Waals surface area (Å²) >= 11 is 0. The van der Waals surface area contributed by atoms with Crippen LogP contribution in [-0.2, 0) is 0 Å². The predicted molar refractivity (Wildman–Crippen MR) is 97.6 cm³/mol. The SMILES string of the molecule is CN(C)C(CN=C(N)NC(C)(C)C)c1cccc(F)c1.I. The molecule has 21 heavy (non-hydrogen) atoms. The summed E-state index contributed by atoms with van der Waals surface area (Å²) < 4.78 is 13.3. The van der Waals surface area contributed by atoms with Crippen LogP contribution in [0.5, 0.6) is 0 Å². The predicted octanol–water partition coefficient (Wildman–Crippen LogP) is 2.75. The molecular formula is C15H26FIN4. The van der Waals surface area contributed by atoms with Gasteiger partial charge in [-0.2, -0.15) is 0 Å². The first-order chi connectivity index (χ1) is 9.19. The largest absolute Gasteiger partial charge is 0.370 e. The quantitative estimate of drug-likeness (QED) is 0.458. The van der Waals surface area contributed by atoms with Crippen molar-refractivity contribution < 1.29 is 4.39 Å². The highest BCUT2D eigenvalue weighted by molar-refractivity contribution is 14.0. The van der Waals surface area contributed by atoms with Gasteiger partial charge in [0.25, 0.3) is 0 Å². The molecule has 0 amide bonds. The number of likely N-dealkylation sites (N-methyl/N-ethyl adjacent to an activating group) is 1. The van der Waals surface area contributed by atoms with Crippen molar-refractivity contribution in [2.45, 2.75) is 32.4 Å². The molecule has 0 heterocycles. The van der Waals surface area contributed by atoms with Crippen molar-refractivity contribution in [3.63, 3.8) is 0 Å². The average Bonchev–Trinajstić information content (AvgIpc) is 2.26. The molecule has 0 aliphatic heterocycles. The summed E-state index contributed by atoms with van der Waals surface area (Å²) in [5.41, 5.74) is 6.63. The van der Waals surface area contributed by atoms with Crippen LogP contribution in [0.15, 0.2) is 29.3 Å². The second-order valence-corrected chi connectivity index (χ2v) is 6.14. The monoisotopic (exact) mass is 408 g/mol. The molecule has 6 heteroatoms. The highest BCUT2D eigenvalue weighted by Gasteiger charge is 2.15. The van der Waals surface area contributed by atoms with Crippen LogP contribution in [-0.4, -0.2) is 37.0 Å².